The molecule has 0 aliphatic rings. The van der Waals surface area contributed by atoms with Crippen molar-refractivity contribution in [1.29, 1.82) is 0 Å². The summed E-state index contributed by atoms with van der Waals surface area (Å²) in [5.74, 6) is -1.46. The molecule has 0 radical (unpaired) electrons. The summed E-state index contributed by atoms with van der Waals surface area (Å²) in [6, 6.07) is -0.612. The first-order chi connectivity index (χ1) is 27.6. The maximum absolute atomic E-state index is 12.8. The van der Waals surface area contributed by atoms with Gasteiger partial charge in [0.1, 0.15) is 6.61 Å². The lowest BCUT2D eigenvalue weighted by atomic mass is 10.0. The lowest BCUT2D eigenvalue weighted by Gasteiger charge is -2.31. The maximum Gasteiger partial charge on any atom is 0.362 e. The second-order valence-electron chi connectivity index (χ2n) is 17.4. The molecule has 0 saturated carbocycles. The van der Waals surface area contributed by atoms with Crippen LogP contribution in [0.3, 0.4) is 0 Å². The molecule has 0 saturated heterocycles. The van der Waals surface area contributed by atoms with Crippen LogP contribution in [-0.2, 0) is 28.6 Å². The van der Waals surface area contributed by atoms with Crippen LogP contribution >= 0.6 is 0 Å². The van der Waals surface area contributed by atoms with Crippen LogP contribution < -0.4 is 0 Å². The largest absolute Gasteiger partial charge is 0.477 e. The minimum Gasteiger partial charge on any atom is -0.477 e. The van der Waals surface area contributed by atoms with Gasteiger partial charge in [-0.1, -0.05) is 186 Å². The smallest absolute Gasteiger partial charge is 0.362 e. The van der Waals surface area contributed by atoms with E-state index in [9.17, 15) is 19.5 Å². The van der Waals surface area contributed by atoms with Gasteiger partial charge >= 0.3 is 17.9 Å². The van der Waals surface area contributed by atoms with Crippen molar-refractivity contribution in [2.75, 3.05) is 41.0 Å². The second kappa shape index (κ2) is 40.6. The van der Waals surface area contributed by atoms with Gasteiger partial charge in [0.15, 0.2) is 12.1 Å². The molecule has 0 rings (SSSR count). The van der Waals surface area contributed by atoms with Crippen molar-refractivity contribution < 1.29 is 38.2 Å². The predicted octanol–water partition coefficient (Wildman–Crippen LogP) is 13.3. The SMILES string of the molecule is CCCCCC/C=C/C=C/CCCCCCCCCCCCC(=O)OC(COCCC(C(=O)O)[N+](C)(C)C)COC(=O)CCCCCCCCCCCCCCC. The minimum atomic E-state index is -0.873. The predicted molar refractivity (Wildman–Crippen MR) is 238 cm³/mol. The van der Waals surface area contributed by atoms with Crippen LogP contribution in [0.1, 0.15) is 219 Å². The monoisotopic (exact) mass is 807 g/mol. The number of hydrogen-bond acceptors (Lipinski definition) is 6. The Labute approximate surface area is 351 Å². The molecule has 0 amide bonds. The Hall–Kier alpha value is -2.19. The number of allylic oxidation sites excluding steroid dienone is 4. The lowest BCUT2D eigenvalue weighted by Crippen LogP contribution is -2.50. The zero-order valence-corrected chi connectivity index (χ0v) is 38.1. The van der Waals surface area contributed by atoms with Crippen LogP contribution in [0, 0.1) is 0 Å². The third kappa shape index (κ3) is 39.1. The normalized spacial score (nSPS) is 13.1. The number of nitrogens with zero attached hydrogens (tertiary/aromatic N) is 1. The first kappa shape index (κ1) is 54.8. The molecule has 0 aliphatic heterocycles. The molecule has 0 bridgehead atoms. The molecule has 1 N–H and O–H groups in total. The number of carboxylic acid groups (broad SMARTS) is 1. The number of carbonyl (C=O) groups is 3. The van der Waals surface area contributed by atoms with Gasteiger partial charge in [0, 0.05) is 19.3 Å². The maximum atomic E-state index is 12.8. The van der Waals surface area contributed by atoms with Crippen molar-refractivity contribution in [3.63, 3.8) is 0 Å². The molecular weight excluding hydrogens is 715 g/mol. The molecule has 0 spiro atoms. The van der Waals surface area contributed by atoms with E-state index in [2.05, 4.69) is 38.2 Å². The number of esters is 2. The van der Waals surface area contributed by atoms with E-state index in [4.69, 9.17) is 14.2 Å². The molecule has 57 heavy (non-hydrogen) atoms. The summed E-state index contributed by atoms with van der Waals surface area (Å²) in [7, 11) is 5.54. The Bertz CT molecular complexity index is 989. The Morgan fingerprint density at radius 2 is 0.912 bits per heavy atom. The standard InChI is InChI=1S/C49H91NO7/c1-6-8-10-12-14-16-18-20-21-22-23-24-25-26-28-30-32-34-36-38-40-48(52)57-45(43-55-42-41-46(49(53)54)50(3,4)5)44-56-47(51)39-37-35-33-31-29-27-19-17-15-13-11-9-7-2/h16,18,20-21,45-46H,6-15,17,19,22-44H2,1-5H3/p+1/b18-16+,21-20+. The molecule has 0 aromatic carbocycles. The van der Waals surface area contributed by atoms with Gasteiger partial charge in [-0.3, -0.25) is 9.59 Å². The molecule has 8 nitrogen and oxygen atoms in total. The Kier molecular flexibility index (Phi) is 39.0. The van der Waals surface area contributed by atoms with E-state index < -0.39 is 18.1 Å². The lowest BCUT2D eigenvalue weighted by molar-refractivity contribution is -0.887. The topological polar surface area (TPSA) is 99.1 Å². The van der Waals surface area contributed by atoms with Gasteiger partial charge in [-0.05, 0) is 38.5 Å². The second-order valence-corrected chi connectivity index (χ2v) is 17.4. The Morgan fingerprint density at radius 1 is 0.526 bits per heavy atom. The van der Waals surface area contributed by atoms with Gasteiger partial charge in [0.2, 0.25) is 0 Å². The van der Waals surface area contributed by atoms with Gasteiger partial charge in [-0.15, -0.1) is 0 Å². The molecule has 2 unspecified atom stereocenters. The summed E-state index contributed by atoms with van der Waals surface area (Å²) in [5, 5.41) is 9.63. The first-order valence-electron chi connectivity index (χ1n) is 23.9. The number of rotatable bonds is 43. The van der Waals surface area contributed by atoms with Crippen LogP contribution in [0.5, 0.6) is 0 Å². The molecule has 0 aromatic heterocycles. The molecule has 334 valence electrons. The number of carboxylic acids is 1. The highest BCUT2D eigenvalue weighted by Crippen LogP contribution is 2.16. The van der Waals surface area contributed by atoms with Crippen molar-refractivity contribution in [2.24, 2.45) is 0 Å². The van der Waals surface area contributed by atoms with E-state index in [0.29, 0.717) is 19.3 Å². The average molecular weight is 807 g/mol. The first-order valence-corrected chi connectivity index (χ1v) is 23.9. The number of likely N-dealkylation sites (N-methyl/N-ethyl adjacent to an activating group) is 1. The van der Waals surface area contributed by atoms with Crippen molar-refractivity contribution in [2.45, 2.75) is 231 Å². The fraction of sp³-hybridized carbons (Fsp3) is 0.857. The van der Waals surface area contributed by atoms with Gasteiger partial charge in [-0.25, -0.2) is 4.79 Å². The highest BCUT2D eigenvalue weighted by atomic mass is 16.6. The fourth-order valence-corrected chi connectivity index (χ4v) is 7.14. The Morgan fingerprint density at radius 3 is 1.33 bits per heavy atom. The summed E-state index contributed by atoms with van der Waals surface area (Å²) in [6.07, 6.45) is 45.0. The number of ether oxygens (including phenoxy) is 3. The molecule has 0 aliphatic carbocycles. The number of unbranched alkanes of at least 4 members (excludes halogenated alkanes) is 26. The summed E-state index contributed by atoms with van der Waals surface area (Å²) in [4.78, 5) is 37.0. The van der Waals surface area contributed by atoms with Gasteiger partial charge in [0.05, 0.1) is 34.4 Å². The Balaban J connectivity index is 4.26. The fourth-order valence-electron chi connectivity index (χ4n) is 7.14. The van der Waals surface area contributed by atoms with E-state index >= 15 is 0 Å². The van der Waals surface area contributed by atoms with E-state index in [1.54, 1.807) is 0 Å². The zero-order chi connectivity index (χ0) is 42.1. The summed E-state index contributed by atoms with van der Waals surface area (Å²) >= 11 is 0. The van der Waals surface area contributed by atoms with Gasteiger partial charge in [0.25, 0.3) is 0 Å². The van der Waals surface area contributed by atoms with Crippen molar-refractivity contribution in [3.8, 4) is 0 Å². The zero-order valence-electron chi connectivity index (χ0n) is 38.1. The van der Waals surface area contributed by atoms with Crippen LogP contribution in [0.2, 0.25) is 0 Å². The molecule has 8 heteroatoms. The number of carbonyl (C=O) groups excluding carboxylic acids is 2. The van der Waals surface area contributed by atoms with E-state index in [1.165, 1.54) is 148 Å². The number of hydrogen-bond donors (Lipinski definition) is 1. The van der Waals surface area contributed by atoms with Crippen LogP contribution in [0.15, 0.2) is 24.3 Å². The summed E-state index contributed by atoms with van der Waals surface area (Å²) < 4.78 is 17.3. The number of aliphatic carboxylic acids is 1. The summed E-state index contributed by atoms with van der Waals surface area (Å²) in [5.41, 5.74) is 0. The average Bonchev–Trinajstić information content (AvgIpc) is 3.17. The number of quaternary nitrogens is 1. The highest BCUT2D eigenvalue weighted by Gasteiger charge is 2.31. The van der Waals surface area contributed by atoms with E-state index in [1.807, 2.05) is 21.1 Å². The van der Waals surface area contributed by atoms with E-state index in [-0.39, 0.29) is 36.2 Å². The van der Waals surface area contributed by atoms with Crippen molar-refractivity contribution >= 4 is 17.9 Å². The molecule has 0 fully saturated rings. The highest BCUT2D eigenvalue weighted by molar-refractivity contribution is 5.72. The third-order valence-corrected chi connectivity index (χ3v) is 10.9. The molecule has 0 aromatic rings. The van der Waals surface area contributed by atoms with Crippen molar-refractivity contribution in [1.82, 2.24) is 0 Å². The van der Waals surface area contributed by atoms with Crippen LogP contribution in [-0.4, -0.2) is 80.6 Å². The van der Waals surface area contributed by atoms with Crippen LogP contribution in [0.25, 0.3) is 0 Å². The third-order valence-electron chi connectivity index (χ3n) is 10.9. The molecular formula is C49H92NO7+. The molecule has 0 heterocycles. The summed E-state index contributed by atoms with van der Waals surface area (Å²) in [6.45, 7) is 4.74. The van der Waals surface area contributed by atoms with Gasteiger partial charge < -0.3 is 23.8 Å². The van der Waals surface area contributed by atoms with Gasteiger partial charge in [-0.2, -0.15) is 0 Å². The molecule has 2 atom stereocenters. The quantitative estimate of drug-likeness (QED) is 0.0283. The van der Waals surface area contributed by atoms with E-state index in [0.717, 1.165) is 38.5 Å². The van der Waals surface area contributed by atoms with Crippen molar-refractivity contribution in [3.05, 3.63) is 24.3 Å². The minimum absolute atomic E-state index is 0.0476. The van der Waals surface area contributed by atoms with Crippen LogP contribution in [0.4, 0.5) is 0 Å².